The van der Waals surface area contributed by atoms with Crippen LogP contribution in [0.2, 0.25) is 0 Å². The van der Waals surface area contributed by atoms with E-state index < -0.39 is 18.3 Å². The average Bonchev–Trinajstić information content (AvgIpc) is 2.93. The zero-order valence-electron chi connectivity index (χ0n) is 15.1. The van der Waals surface area contributed by atoms with Crippen LogP contribution < -0.4 is 10.8 Å². The second kappa shape index (κ2) is 5.60. The molecule has 0 aliphatic carbocycles. The lowest BCUT2D eigenvalue weighted by Gasteiger charge is -2.32. The Bertz CT molecular complexity index is 782. The van der Waals surface area contributed by atoms with Crippen molar-refractivity contribution >= 4 is 35.2 Å². The maximum Gasteiger partial charge on any atom is 0.497 e. The van der Waals surface area contributed by atoms with Crippen LogP contribution in [0.25, 0.3) is 10.9 Å². The number of rotatable bonds is 3. The van der Waals surface area contributed by atoms with Gasteiger partial charge in [-0.15, -0.1) is 0 Å². The predicted molar refractivity (Wildman–Crippen MR) is 95.4 cm³/mol. The summed E-state index contributed by atoms with van der Waals surface area (Å²) in [5.41, 5.74) is 1.12. The van der Waals surface area contributed by atoms with Crippen LogP contribution >= 0.6 is 0 Å². The van der Waals surface area contributed by atoms with Crippen molar-refractivity contribution in [2.45, 2.75) is 52.2 Å². The molecule has 0 unspecified atom stereocenters. The maximum absolute atomic E-state index is 11.6. The maximum atomic E-state index is 11.6. The molecule has 0 atom stereocenters. The Morgan fingerprint density at radius 3 is 2.50 bits per heavy atom. The zero-order chi connectivity index (χ0) is 17.7. The van der Waals surface area contributed by atoms with E-state index in [-0.39, 0.29) is 5.91 Å². The molecule has 0 radical (unpaired) electrons. The Labute approximate surface area is 142 Å². The van der Waals surface area contributed by atoms with E-state index in [1.807, 2.05) is 58.5 Å². The minimum atomic E-state index is -0.448. The van der Waals surface area contributed by atoms with Gasteiger partial charge in [-0.25, -0.2) is 4.98 Å². The molecule has 0 spiro atoms. The van der Waals surface area contributed by atoms with Gasteiger partial charge in [-0.2, -0.15) is 0 Å². The number of amides is 1. The Morgan fingerprint density at radius 1 is 1.29 bits per heavy atom. The number of aromatic nitrogens is 2. The Kier molecular flexibility index (Phi) is 3.96. The molecule has 6 nitrogen and oxygen atoms in total. The van der Waals surface area contributed by atoms with Crippen molar-refractivity contribution < 1.29 is 14.1 Å². The number of fused-ring (bicyclic) bond motifs is 1. The summed E-state index contributed by atoms with van der Waals surface area (Å²) in [6.07, 6.45) is 4.17. The quantitative estimate of drug-likeness (QED) is 0.877. The second-order valence-electron chi connectivity index (χ2n) is 7.27. The molecule has 1 aliphatic rings. The lowest BCUT2D eigenvalue weighted by molar-refractivity contribution is -0.115. The summed E-state index contributed by atoms with van der Waals surface area (Å²) >= 11 is 0. The van der Waals surface area contributed by atoms with Crippen molar-refractivity contribution in [1.82, 2.24) is 9.55 Å². The highest BCUT2D eigenvalue weighted by atomic mass is 16.7. The van der Waals surface area contributed by atoms with Gasteiger partial charge in [0.25, 0.3) is 0 Å². The standard InChI is InChI=1S/C17H24BN3O3/c1-7-15(22)20-14-8-11-12(10-21(6)13(11)9-19-14)18-23-16(2,3)17(4,5)24-18/h8-10H,7H2,1-6H3,(H,19,20,22). The van der Waals surface area contributed by atoms with E-state index >= 15 is 0 Å². The first-order valence-corrected chi connectivity index (χ1v) is 8.25. The van der Waals surface area contributed by atoms with E-state index in [9.17, 15) is 4.79 Å². The van der Waals surface area contributed by atoms with Gasteiger partial charge in [0, 0.05) is 30.5 Å². The van der Waals surface area contributed by atoms with Gasteiger partial charge in [-0.05, 0) is 33.8 Å². The fraction of sp³-hybridized carbons (Fsp3) is 0.529. The van der Waals surface area contributed by atoms with Gasteiger partial charge < -0.3 is 19.2 Å². The monoisotopic (exact) mass is 329 g/mol. The molecule has 1 N–H and O–H groups in total. The molecule has 3 rings (SSSR count). The van der Waals surface area contributed by atoms with Crippen molar-refractivity contribution in [2.75, 3.05) is 5.32 Å². The van der Waals surface area contributed by atoms with Crippen molar-refractivity contribution in [1.29, 1.82) is 0 Å². The summed E-state index contributed by atoms with van der Waals surface area (Å²) in [6.45, 7) is 9.95. The van der Waals surface area contributed by atoms with Crippen LogP contribution in [0.3, 0.4) is 0 Å². The summed E-state index contributed by atoms with van der Waals surface area (Å²) in [5, 5.41) is 3.77. The lowest BCUT2D eigenvalue weighted by Crippen LogP contribution is -2.41. The van der Waals surface area contributed by atoms with Crippen molar-refractivity contribution in [3.8, 4) is 0 Å². The molecule has 1 amide bonds. The minimum Gasteiger partial charge on any atom is -0.399 e. The Morgan fingerprint density at radius 2 is 1.92 bits per heavy atom. The molecule has 2 aromatic rings. The average molecular weight is 329 g/mol. The molecule has 1 fully saturated rings. The van der Waals surface area contributed by atoms with Gasteiger partial charge in [0.05, 0.1) is 22.9 Å². The number of anilines is 1. The van der Waals surface area contributed by atoms with E-state index in [4.69, 9.17) is 9.31 Å². The molecular weight excluding hydrogens is 305 g/mol. The molecule has 2 aromatic heterocycles. The van der Waals surface area contributed by atoms with E-state index in [0.29, 0.717) is 12.2 Å². The molecule has 7 heteroatoms. The molecule has 1 saturated heterocycles. The smallest absolute Gasteiger partial charge is 0.399 e. The number of hydrogen-bond donors (Lipinski definition) is 1. The van der Waals surface area contributed by atoms with Crippen molar-refractivity contribution in [2.24, 2.45) is 7.05 Å². The fourth-order valence-electron chi connectivity index (χ4n) is 2.77. The third kappa shape index (κ3) is 2.72. The lowest BCUT2D eigenvalue weighted by atomic mass is 9.79. The number of nitrogens with zero attached hydrogens (tertiary/aromatic N) is 2. The third-order valence-corrected chi connectivity index (χ3v) is 5.00. The summed E-state index contributed by atoms with van der Waals surface area (Å²) in [6, 6.07) is 1.88. The number of nitrogens with one attached hydrogen (secondary N) is 1. The van der Waals surface area contributed by atoms with Gasteiger partial charge in [0.1, 0.15) is 5.82 Å². The van der Waals surface area contributed by atoms with Crippen LogP contribution in [0.4, 0.5) is 5.82 Å². The summed E-state index contributed by atoms with van der Waals surface area (Å²) < 4.78 is 14.3. The first-order valence-electron chi connectivity index (χ1n) is 8.25. The van der Waals surface area contributed by atoms with Crippen LogP contribution in [0.5, 0.6) is 0 Å². The molecule has 24 heavy (non-hydrogen) atoms. The molecule has 128 valence electrons. The van der Waals surface area contributed by atoms with Gasteiger partial charge in [0.2, 0.25) is 5.91 Å². The van der Waals surface area contributed by atoms with Crippen LogP contribution in [0.1, 0.15) is 41.0 Å². The fourth-order valence-corrected chi connectivity index (χ4v) is 2.77. The highest BCUT2D eigenvalue weighted by Gasteiger charge is 2.52. The second-order valence-corrected chi connectivity index (χ2v) is 7.27. The summed E-state index contributed by atoms with van der Waals surface area (Å²) in [5.74, 6) is 0.480. The van der Waals surface area contributed by atoms with Crippen LogP contribution in [0.15, 0.2) is 18.5 Å². The largest absolute Gasteiger partial charge is 0.497 e. The SMILES string of the molecule is CCC(=O)Nc1cc2c(B3OC(C)(C)C(C)(C)O3)cn(C)c2cn1. The summed E-state index contributed by atoms with van der Waals surface area (Å²) in [4.78, 5) is 15.9. The molecule has 1 aliphatic heterocycles. The zero-order valence-corrected chi connectivity index (χ0v) is 15.1. The van der Waals surface area contributed by atoms with Gasteiger partial charge in [-0.1, -0.05) is 6.92 Å². The minimum absolute atomic E-state index is 0.0602. The topological polar surface area (TPSA) is 65.4 Å². The normalized spacial score (nSPS) is 19.0. The first-order chi connectivity index (χ1) is 11.1. The number of carbonyl (C=O) groups is 1. The van der Waals surface area contributed by atoms with Gasteiger partial charge in [0.15, 0.2) is 0 Å². The van der Waals surface area contributed by atoms with Crippen LogP contribution in [-0.2, 0) is 21.2 Å². The molecule has 3 heterocycles. The Hall–Kier alpha value is -1.86. The van der Waals surface area contributed by atoms with Crippen molar-refractivity contribution in [3.63, 3.8) is 0 Å². The van der Waals surface area contributed by atoms with Gasteiger partial charge in [-0.3, -0.25) is 4.79 Å². The predicted octanol–water partition coefficient (Wildman–Crippen LogP) is 2.22. The Balaban J connectivity index is 2.02. The number of hydrogen-bond acceptors (Lipinski definition) is 4. The number of carbonyl (C=O) groups excluding carboxylic acids is 1. The molecule has 0 bridgehead atoms. The first kappa shape index (κ1) is 17.0. The third-order valence-electron chi connectivity index (χ3n) is 5.00. The van der Waals surface area contributed by atoms with Gasteiger partial charge >= 0.3 is 7.12 Å². The highest BCUT2D eigenvalue weighted by molar-refractivity contribution is 6.65. The highest BCUT2D eigenvalue weighted by Crippen LogP contribution is 2.37. The summed E-state index contributed by atoms with van der Waals surface area (Å²) in [7, 11) is 1.51. The molecule has 0 aromatic carbocycles. The molecule has 0 saturated carbocycles. The van der Waals surface area contributed by atoms with E-state index in [1.54, 1.807) is 6.20 Å². The number of aryl methyl sites for hydroxylation is 1. The van der Waals surface area contributed by atoms with Crippen molar-refractivity contribution in [3.05, 3.63) is 18.5 Å². The van der Waals surface area contributed by atoms with E-state index in [0.717, 1.165) is 16.4 Å². The number of pyridine rings is 1. The van der Waals surface area contributed by atoms with E-state index in [1.165, 1.54) is 0 Å². The van der Waals surface area contributed by atoms with Crippen LogP contribution in [-0.4, -0.2) is 33.8 Å². The van der Waals surface area contributed by atoms with Crippen LogP contribution in [0, 0.1) is 0 Å². The van der Waals surface area contributed by atoms with E-state index in [2.05, 4.69) is 10.3 Å². The molecular formula is C17H24BN3O3.